The molecule has 0 bridgehead atoms. The first-order chi connectivity index (χ1) is 15.5. The second-order valence-electron chi connectivity index (χ2n) is 7.74. The van der Waals surface area contributed by atoms with E-state index in [9.17, 15) is 9.18 Å². The minimum absolute atomic E-state index is 0.167. The van der Waals surface area contributed by atoms with Gasteiger partial charge in [0.2, 0.25) is 5.91 Å². The summed E-state index contributed by atoms with van der Waals surface area (Å²) >= 11 is 0. The molecule has 0 aliphatic carbocycles. The third-order valence-electron chi connectivity index (χ3n) is 5.37. The van der Waals surface area contributed by atoms with Crippen molar-refractivity contribution >= 4 is 33.0 Å². The highest BCUT2D eigenvalue weighted by Gasteiger charge is 2.26. The Kier molecular flexibility index (Phi) is 7.29. The Morgan fingerprint density at radius 3 is 2.66 bits per heavy atom. The fourth-order valence-electron chi connectivity index (χ4n) is 3.85. The standard InChI is InChI=1S/C23H28FN5O2S/c1-17(30)26-21-16-19(8-9-25-21)23-22(18-4-6-20(24)7-5-18)27-28(2)32(23)15-3-10-29-11-13-31-14-12-29/h4-9,16H,3,10-15H2,1-2H3,(H,25,26,30). The van der Waals surface area contributed by atoms with Gasteiger partial charge < -0.3 is 10.1 Å². The van der Waals surface area contributed by atoms with Gasteiger partial charge in [-0.3, -0.25) is 9.69 Å². The maximum absolute atomic E-state index is 13.5. The summed E-state index contributed by atoms with van der Waals surface area (Å²) in [6.45, 7) is 6.02. The van der Waals surface area contributed by atoms with Gasteiger partial charge in [0.05, 0.1) is 18.1 Å². The number of anilines is 1. The number of amides is 1. The summed E-state index contributed by atoms with van der Waals surface area (Å²) in [6.07, 6.45) is 2.73. The van der Waals surface area contributed by atoms with Crippen LogP contribution >= 0.6 is 10.7 Å². The SMILES string of the molecule is CC(=O)Nc1cc(C2=S(CCCN3CCOCC3)N(C)N=C2c2ccc(F)cc2)ccn1. The zero-order chi connectivity index (χ0) is 22.5. The van der Waals surface area contributed by atoms with Gasteiger partial charge in [-0.25, -0.2) is 13.8 Å². The van der Waals surface area contributed by atoms with Crippen molar-refractivity contribution in [3.63, 3.8) is 0 Å². The molecule has 2 aliphatic rings. The molecule has 0 saturated carbocycles. The Bertz CT molecular complexity index is 1030. The van der Waals surface area contributed by atoms with E-state index in [0.717, 1.165) is 66.7 Å². The van der Waals surface area contributed by atoms with Crippen LogP contribution in [0.3, 0.4) is 0 Å². The first kappa shape index (κ1) is 22.6. The van der Waals surface area contributed by atoms with E-state index in [0.29, 0.717) is 5.82 Å². The van der Waals surface area contributed by atoms with Gasteiger partial charge in [-0.15, -0.1) is 0 Å². The third kappa shape index (κ3) is 5.40. The summed E-state index contributed by atoms with van der Waals surface area (Å²) in [4.78, 5) is 19.3. The van der Waals surface area contributed by atoms with E-state index in [1.54, 1.807) is 18.3 Å². The van der Waals surface area contributed by atoms with Crippen molar-refractivity contribution in [3.8, 4) is 0 Å². The number of aromatic nitrogens is 1. The minimum atomic E-state index is -0.274. The highest BCUT2D eigenvalue weighted by atomic mass is 32.2. The summed E-state index contributed by atoms with van der Waals surface area (Å²) < 4.78 is 21.0. The minimum Gasteiger partial charge on any atom is -0.379 e. The molecule has 0 radical (unpaired) electrons. The molecule has 3 heterocycles. The molecule has 1 aromatic carbocycles. The average Bonchev–Trinajstić information content (AvgIpc) is 3.11. The molecule has 1 unspecified atom stereocenters. The fourth-order valence-corrected chi connectivity index (χ4v) is 5.95. The molecule has 2 aliphatic heterocycles. The van der Waals surface area contributed by atoms with E-state index >= 15 is 0 Å². The van der Waals surface area contributed by atoms with E-state index < -0.39 is 0 Å². The number of carbonyl (C=O) groups is 1. The van der Waals surface area contributed by atoms with Crippen molar-refractivity contribution in [1.82, 2.24) is 14.3 Å². The van der Waals surface area contributed by atoms with Crippen molar-refractivity contribution < 1.29 is 13.9 Å². The summed E-state index contributed by atoms with van der Waals surface area (Å²) in [5, 5.41) is 7.61. The maximum atomic E-state index is 13.5. The van der Waals surface area contributed by atoms with Gasteiger partial charge in [0, 0.05) is 44.6 Å². The van der Waals surface area contributed by atoms with E-state index in [1.807, 2.05) is 23.6 Å². The molecule has 1 fully saturated rings. The number of rotatable bonds is 7. The summed E-state index contributed by atoms with van der Waals surface area (Å²) in [5.74, 6) is 1.02. The molecular weight excluding hydrogens is 429 g/mol. The highest BCUT2D eigenvalue weighted by Crippen LogP contribution is 2.33. The molecule has 2 aromatic rings. The largest absolute Gasteiger partial charge is 0.379 e. The van der Waals surface area contributed by atoms with Crippen LogP contribution in [0.15, 0.2) is 47.7 Å². The van der Waals surface area contributed by atoms with Gasteiger partial charge in [0.15, 0.2) is 0 Å². The summed E-state index contributed by atoms with van der Waals surface area (Å²) in [5.41, 5.74) is 2.67. The molecular formula is C23H28FN5O2S. The zero-order valence-corrected chi connectivity index (χ0v) is 19.2. The lowest BCUT2D eigenvalue weighted by molar-refractivity contribution is -0.114. The molecule has 1 atom stereocenters. The van der Waals surface area contributed by atoms with Crippen molar-refractivity contribution in [1.29, 1.82) is 0 Å². The normalized spacial score (nSPS) is 19.2. The molecule has 9 heteroatoms. The van der Waals surface area contributed by atoms with Gasteiger partial charge >= 0.3 is 0 Å². The predicted octanol–water partition coefficient (Wildman–Crippen LogP) is 2.96. The van der Waals surface area contributed by atoms with Crippen molar-refractivity contribution in [2.24, 2.45) is 5.10 Å². The number of hydrogen-bond acceptors (Lipinski definition) is 6. The second-order valence-corrected chi connectivity index (χ2v) is 9.81. The smallest absolute Gasteiger partial charge is 0.222 e. The number of morpholine rings is 1. The van der Waals surface area contributed by atoms with Crippen LogP contribution in [0.25, 0.3) is 0 Å². The van der Waals surface area contributed by atoms with E-state index in [1.165, 1.54) is 19.1 Å². The van der Waals surface area contributed by atoms with Crippen LogP contribution in [0.1, 0.15) is 24.5 Å². The monoisotopic (exact) mass is 457 g/mol. The van der Waals surface area contributed by atoms with Crippen molar-refractivity contribution in [3.05, 3.63) is 59.5 Å². The lowest BCUT2D eigenvalue weighted by Crippen LogP contribution is -2.37. The van der Waals surface area contributed by atoms with Crippen LogP contribution in [-0.4, -0.2) is 76.4 Å². The molecule has 4 rings (SSSR count). The molecule has 1 amide bonds. The third-order valence-corrected chi connectivity index (χ3v) is 7.67. The van der Waals surface area contributed by atoms with Crippen LogP contribution in [0, 0.1) is 5.82 Å². The van der Waals surface area contributed by atoms with E-state index in [4.69, 9.17) is 9.84 Å². The summed E-state index contributed by atoms with van der Waals surface area (Å²) in [6, 6.07) is 10.3. The Morgan fingerprint density at radius 2 is 1.94 bits per heavy atom. The Labute approximate surface area is 190 Å². The number of halogens is 1. The number of benzene rings is 1. The van der Waals surface area contributed by atoms with Crippen LogP contribution in [-0.2, 0) is 9.53 Å². The topological polar surface area (TPSA) is 70.1 Å². The number of ether oxygens (including phenoxy) is 1. The van der Waals surface area contributed by atoms with Crippen molar-refractivity contribution in [2.45, 2.75) is 13.3 Å². The van der Waals surface area contributed by atoms with Crippen LogP contribution < -0.4 is 5.32 Å². The van der Waals surface area contributed by atoms with Gasteiger partial charge in [-0.05, 0) is 54.9 Å². The van der Waals surface area contributed by atoms with Gasteiger partial charge in [-0.2, -0.15) is 5.10 Å². The average molecular weight is 458 g/mol. The first-order valence-corrected chi connectivity index (χ1v) is 12.1. The quantitative estimate of drug-likeness (QED) is 0.648. The Morgan fingerprint density at radius 1 is 1.19 bits per heavy atom. The molecule has 7 nitrogen and oxygen atoms in total. The Hall–Kier alpha value is -2.62. The molecule has 1 saturated heterocycles. The van der Waals surface area contributed by atoms with Crippen LogP contribution in [0.5, 0.6) is 0 Å². The highest BCUT2D eigenvalue weighted by molar-refractivity contribution is 8.15. The number of nitrogens with one attached hydrogen (secondary N) is 1. The second kappa shape index (κ2) is 10.3. The first-order valence-electron chi connectivity index (χ1n) is 10.7. The Balaban J connectivity index is 1.65. The number of carbonyl (C=O) groups excluding carboxylic acids is 1. The molecule has 0 spiro atoms. The van der Waals surface area contributed by atoms with E-state index in [-0.39, 0.29) is 22.4 Å². The van der Waals surface area contributed by atoms with Crippen LogP contribution in [0.4, 0.5) is 10.2 Å². The van der Waals surface area contributed by atoms with E-state index in [2.05, 4.69) is 15.2 Å². The lowest BCUT2D eigenvalue weighted by atomic mass is 10.0. The molecule has 170 valence electrons. The number of pyridine rings is 1. The molecule has 1 aromatic heterocycles. The number of hydrazone groups is 1. The molecule has 1 N–H and O–H groups in total. The van der Waals surface area contributed by atoms with Gasteiger partial charge in [0.25, 0.3) is 0 Å². The number of nitrogens with zero attached hydrogens (tertiary/aromatic N) is 4. The predicted molar refractivity (Wildman–Crippen MR) is 128 cm³/mol. The van der Waals surface area contributed by atoms with Crippen molar-refractivity contribution in [2.75, 3.05) is 51.0 Å². The maximum Gasteiger partial charge on any atom is 0.222 e. The van der Waals surface area contributed by atoms with Gasteiger partial charge in [-0.1, -0.05) is 10.7 Å². The van der Waals surface area contributed by atoms with Gasteiger partial charge in [0.1, 0.15) is 17.3 Å². The summed E-state index contributed by atoms with van der Waals surface area (Å²) in [7, 11) is 1.72. The zero-order valence-electron chi connectivity index (χ0n) is 18.4. The fraction of sp³-hybridized carbons (Fsp3) is 0.391. The number of hydrogen-bond donors (Lipinski definition) is 1. The van der Waals surface area contributed by atoms with Crippen LogP contribution in [0.2, 0.25) is 0 Å². The molecule has 32 heavy (non-hydrogen) atoms. The lowest BCUT2D eigenvalue weighted by Gasteiger charge is -2.27.